The highest BCUT2D eigenvalue weighted by Gasteiger charge is 2.27. The molecule has 0 saturated carbocycles. The first-order chi connectivity index (χ1) is 33.7. The van der Waals surface area contributed by atoms with E-state index in [1.54, 1.807) is 0 Å². The largest absolute Gasteiger partial charge is 0.506 e. The van der Waals surface area contributed by atoms with Gasteiger partial charge in [-0.05, 0) is 27.8 Å². The lowest BCUT2D eigenvalue weighted by Crippen LogP contribution is -2.36. The molecule has 18 nitrogen and oxygen atoms in total. The van der Waals surface area contributed by atoms with Crippen molar-refractivity contribution in [2.45, 2.75) is 32.8 Å². The van der Waals surface area contributed by atoms with Crippen LogP contribution in [0.5, 0.6) is 11.5 Å². The summed E-state index contributed by atoms with van der Waals surface area (Å²) in [6.45, 7) is 1.12. The quantitative estimate of drug-likeness (QED) is 0.0588. The molecule has 69 heavy (non-hydrogen) atoms. The van der Waals surface area contributed by atoms with E-state index in [4.69, 9.17) is 4.84 Å². The van der Waals surface area contributed by atoms with E-state index in [1.165, 1.54) is 6.33 Å². The van der Waals surface area contributed by atoms with Crippen molar-refractivity contribution in [3.63, 3.8) is 0 Å². The van der Waals surface area contributed by atoms with E-state index in [0.717, 1.165) is 38.9 Å². The van der Waals surface area contributed by atoms with Crippen LogP contribution in [0.1, 0.15) is 48.5 Å². The van der Waals surface area contributed by atoms with Crippen molar-refractivity contribution < 1.29 is 29.8 Å². The number of hydrogen-bond acceptors (Lipinski definition) is 14. The second kappa shape index (κ2) is 21.6. The lowest BCUT2D eigenvalue weighted by molar-refractivity contribution is 0.0890. The van der Waals surface area contributed by atoms with Crippen molar-refractivity contribution in [2.75, 3.05) is 10.6 Å². The maximum atomic E-state index is 13.5. The fourth-order valence-corrected chi connectivity index (χ4v) is 7.16. The number of amides is 2. The minimum Gasteiger partial charge on any atom is -0.506 e. The van der Waals surface area contributed by atoms with E-state index in [9.17, 15) is 34.6 Å². The van der Waals surface area contributed by atoms with Crippen molar-refractivity contribution >= 4 is 45.5 Å². The molecular formula is C51H44N10O8. The van der Waals surface area contributed by atoms with Gasteiger partial charge in [-0.25, -0.2) is 19.9 Å². The van der Waals surface area contributed by atoms with Crippen LogP contribution in [-0.4, -0.2) is 56.6 Å². The predicted octanol–water partition coefficient (Wildman–Crippen LogP) is 5.94. The van der Waals surface area contributed by atoms with Crippen LogP contribution in [0.3, 0.4) is 0 Å². The van der Waals surface area contributed by atoms with E-state index in [-0.39, 0.29) is 58.1 Å². The number of carbonyl (C=O) groups is 2. The summed E-state index contributed by atoms with van der Waals surface area (Å²) in [5, 5.41) is 43.9. The van der Waals surface area contributed by atoms with Gasteiger partial charge in [0.05, 0.1) is 0 Å². The average molecular weight is 925 g/mol. The van der Waals surface area contributed by atoms with Gasteiger partial charge in [-0.3, -0.25) is 19.2 Å². The molecule has 0 spiro atoms. The minimum atomic E-state index is -1.08. The van der Waals surface area contributed by atoms with Crippen LogP contribution in [0.25, 0.3) is 22.1 Å². The van der Waals surface area contributed by atoms with Gasteiger partial charge in [0.1, 0.15) is 53.2 Å². The van der Waals surface area contributed by atoms with Gasteiger partial charge in [0.15, 0.2) is 22.4 Å². The Kier molecular flexibility index (Phi) is 14.4. The second-order valence-electron chi connectivity index (χ2n) is 15.3. The van der Waals surface area contributed by atoms with Gasteiger partial charge >= 0.3 is 11.1 Å². The molecule has 4 aromatic heterocycles. The monoisotopic (exact) mass is 924 g/mol. The van der Waals surface area contributed by atoms with Crippen molar-refractivity contribution in [1.82, 2.24) is 40.0 Å². The van der Waals surface area contributed by atoms with Crippen LogP contribution in [0, 0.1) is 0 Å². The summed E-state index contributed by atoms with van der Waals surface area (Å²) in [6, 6.07) is 46.7. The van der Waals surface area contributed by atoms with E-state index in [2.05, 4.69) is 41.2 Å². The third-order valence-electron chi connectivity index (χ3n) is 10.7. The van der Waals surface area contributed by atoms with Gasteiger partial charge in [0, 0.05) is 26.2 Å². The zero-order valence-electron chi connectivity index (χ0n) is 36.7. The van der Waals surface area contributed by atoms with Crippen LogP contribution in [0.4, 0.5) is 11.6 Å². The Morgan fingerprint density at radius 2 is 0.841 bits per heavy atom. The molecule has 0 aliphatic rings. The summed E-state index contributed by atoms with van der Waals surface area (Å²) in [7, 11) is 0. The Labute approximate surface area is 393 Å². The van der Waals surface area contributed by atoms with Crippen molar-refractivity contribution in [3.05, 3.63) is 224 Å². The number of nitrogens with one attached hydrogen (secondary N) is 4. The fourth-order valence-electron chi connectivity index (χ4n) is 7.16. The van der Waals surface area contributed by atoms with Gasteiger partial charge < -0.3 is 41.5 Å². The van der Waals surface area contributed by atoms with E-state index in [0.29, 0.717) is 13.1 Å². The molecule has 2 amide bonds. The number of pyridine rings is 2. The predicted molar refractivity (Wildman–Crippen MR) is 258 cm³/mol. The van der Waals surface area contributed by atoms with Gasteiger partial charge in [-0.2, -0.15) is 0 Å². The number of rotatable bonds is 15. The van der Waals surface area contributed by atoms with Crippen molar-refractivity contribution in [3.8, 4) is 11.5 Å². The van der Waals surface area contributed by atoms with Crippen LogP contribution >= 0.6 is 0 Å². The summed E-state index contributed by atoms with van der Waals surface area (Å²) in [6.07, 6.45) is 2.42. The summed E-state index contributed by atoms with van der Waals surface area (Å²) in [5.74, 6) is -2.27. The van der Waals surface area contributed by atoms with E-state index in [1.807, 2.05) is 152 Å². The topological polar surface area (TPSA) is 248 Å². The highest BCUT2D eigenvalue weighted by Crippen LogP contribution is 2.32. The molecule has 346 valence electrons. The van der Waals surface area contributed by atoms with Crippen molar-refractivity contribution in [2.24, 2.45) is 0 Å². The molecule has 0 aliphatic carbocycles. The molecule has 0 unspecified atom stereocenters. The normalized spacial score (nSPS) is 10.7. The van der Waals surface area contributed by atoms with Crippen LogP contribution < -0.4 is 37.2 Å². The Bertz CT molecular complexity index is 3350. The number of aromatic nitrogens is 6. The van der Waals surface area contributed by atoms with E-state index < -0.39 is 45.6 Å². The van der Waals surface area contributed by atoms with Gasteiger partial charge in [0.25, 0.3) is 11.8 Å². The van der Waals surface area contributed by atoms with Gasteiger partial charge in [-0.15, -0.1) is 9.46 Å². The van der Waals surface area contributed by atoms with E-state index >= 15 is 0 Å². The fraction of sp³-hybridized carbons (Fsp3) is 0.0980. The van der Waals surface area contributed by atoms with Crippen molar-refractivity contribution in [1.29, 1.82) is 0 Å². The standard InChI is InChI=1S/C29H25N5O4.C22H19N5O4/c35-25-23-26(30-16-20-10-4-1-5-11-20)32-19-33-27(23)34(38-18-22-14-8-3-9-15-22)29(37)24(25)28(36)31-17-21-12-6-2-7-13-21;28-18-16-19(23-11-14-7-3-1-4-8-14)25-13-26-20(16)27(31)22(30)17(18)21(29)24-12-15-9-5-2-6-10-15/h1-15,19,35H,16-18H2,(H,31,36)(H,30,32,33);1-10,13,28,31H,11-12H2,(H,24,29)(H,23,25,26). The van der Waals surface area contributed by atoms with Gasteiger partial charge in [0.2, 0.25) is 0 Å². The SMILES string of the molecule is O=C(NCc1ccccc1)c1c(O)c2c(NCc3ccccc3)ncnc2n(O)c1=O.O=C(NCc1ccccc1)c1c(O)c2c(NCc3ccccc3)ncnc2n(OCc2ccccc2)c1=O. The maximum absolute atomic E-state index is 13.5. The first-order valence-electron chi connectivity index (χ1n) is 21.5. The molecule has 0 bridgehead atoms. The number of nitrogens with zero attached hydrogens (tertiary/aromatic N) is 6. The number of aromatic hydroxyl groups is 2. The molecule has 0 aliphatic heterocycles. The van der Waals surface area contributed by atoms with Crippen LogP contribution in [0.2, 0.25) is 0 Å². The maximum Gasteiger partial charge on any atom is 0.301 e. The molecule has 0 fully saturated rings. The average Bonchev–Trinajstić information content (AvgIpc) is 3.39. The molecule has 7 N–H and O–H groups in total. The Morgan fingerprint density at radius 1 is 0.478 bits per heavy atom. The summed E-state index contributed by atoms with van der Waals surface area (Å²) in [5.41, 5.74) is 1.26. The smallest absolute Gasteiger partial charge is 0.301 e. The Hall–Kier alpha value is -9.58. The molecule has 18 heteroatoms. The third kappa shape index (κ3) is 10.8. The summed E-state index contributed by atoms with van der Waals surface area (Å²) < 4.78 is 1.18. The third-order valence-corrected chi connectivity index (χ3v) is 10.7. The molecule has 4 heterocycles. The first-order valence-corrected chi connectivity index (χ1v) is 21.5. The Morgan fingerprint density at radius 3 is 1.28 bits per heavy atom. The molecule has 0 radical (unpaired) electrons. The van der Waals surface area contributed by atoms with Crippen LogP contribution in [0.15, 0.2) is 174 Å². The highest BCUT2D eigenvalue weighted by atomic mass is 16.7. The number of fused-ring (bicyclic) bond motifs is 2. The lowest BCUT2D eigenvalue weighted by Gasteiger charge is -2.17. The molecule has 0 atom stereocenters. The Balaban J connectivity index is 0.000000190. The number of carbonyl (C=O) groups excluding carboxylic acids is 2. The zero-order valence-corrected chi connectivity index (χ0v) is 36.7. The lowest BCUT2D eigenvalue weighted by atomic mass is 10.1. The summed E-state index contributed by atoms with van der Waals surface area (Å²) >= 11 is 0. The number of anilines is 2. The number of benzene rings is 5. The van der Waals surface area contributed by atoms with Crippen LogP contribution in [-0.2, 0) is 32.8 Å². The second-order valence-corrected chi connectivity index (χ2v) is 15.3. The highest BCUT2D eigenvalue weighted by molar-refractivity contribution is 6.05. The molecule has 9 rings (SSSR count). The summed E-state index contributed by atoms with van der Waals surface area (Å²) in [4.78, 5) is 74.3. The molecule has 5 aromatic carbocycles. The zero-order chi connectivity index (χ0) is 48.1. The van der Waals surface area contributed by atoms with Gasteiger partial charge in [-0.1, -0.05) is 152 Å². The first kappa shape index (κ1) is 46.0. The molecule has 9 aromatic rings. The number of hydrogen-bond donors (Lipinski definition) is 7. The molecule has 0 saturated heterocycles. The molecular weight excluding hydrogens is 881 g/mol. The minimum absolute atomic E-state index is 0.0357.